The predicted octanol–water partition coefficient (Wildman–Crippen LogP) is 4.04. The molecule has 0 aliphatic carbocycles. The van der Waals surface area contributed by atoms with Gasteiger partial charge in [-0.15, -0.1) is 11.3 Å². The van der Waals surface area contributed by atoms with E-state index in [1.807, 2.05) is 5.38 Å². The van der Waals surface area contributed by atoms with Crippen LogP contribution >= 0.6 is 23.6 Å². The number of hydrogen-bond donors (Lipinski definition) is 3. The number of nitrogens with zero attached hydrogens (tertiary/aromatic N) is 1. The van der Waals surface area contributed by atoms with Crippen molar-refractivity contribution >= 4 is 57.5 Å². The van der Waals surface area contributed by atoms with Gasteiger partial charge in [0.25, 0.3) is 17.5 Å². The predicted molar refractivity (Wildman–Crippen MR) is 122 cm³/mol. The Bertz CT molecular complexity index is 1150. The van der Waals surface area contributed by atoms with Crippen LogP contribution in [0.5, 0.6) is 5.75 Å². The first-order valence-corrected chi connectivity index (χ1v) is 10.1. The van der Waals surface area contributed by atoms with Gasteiger partial charge in [-0.2, -0.15) is 0 Å². The van der Waals surface area contributed by atoms with Crippen LogP contribution in [-0.4, -0.2) is 29.0 Å². The molecule has 0 atom stereocenters. The lowest BCUT2D eigenvalue weighted by Gasteiger charge is -2.14. The summed E-state index contributed by atoms with van der Waals surface area (Å²) in [6, 6.07) is 13.7. The van der Waals surface area contributed by atoms with Crippen LogP contribution in [-0.2, 0) is 0 Å². The summed E-state index contributed by atoms with van der Waals surface area (Å²) < 4.78 is 5.33. The summed E-state index contributed by atoms with van der Waals surface area (Å²) in [5.41, 5.74) is 0.882. The molecule has 3 N–H and O–H groups in total. The molecule has 0 radical (unpaired) electrons. The number of carbonyl (C=O) groups excluding carboxylic acids is 2. The van der Waals surface area contributed by atoms with E-state index in [4.69, 9.17) is 17.0 Å². The molecule has 31 heavy (non-hydrogen) atoms. The van der Waals surface area contributed by atoms with Crippen molar-refractivity contribution < 1.29 is 19.2 Å². The molecule has 0 fully saturated rings. The van der Waals surface area contributed by atoms with Gasteiger partial charge in [-0.1, -0.05) is 12.1 Å². The van der Waals surface area contributed by atoms with Crippen LogP contribution in [0.15, 0.2) is 60.0 Å². The lowest BCUT2D eigenvalue weighted by atomic mass is 10.2. The summed E-state index contributed by atoms with van der Waals surface area (Å²) in [5.74, 6) is -0.454. The Balaban J connectivity index is 1.66. The van der Waals surface area contributed by atoms with Gasteiger partial charge >= 0.3 is 0 Å². The molecule has 1 aromatic heterocycles. The Morgan fingerprint density at radius 2 is 1.87 bits per heavy atom. The van der Waals surface area contributed by atoms with Gasteiger partial charge in [-0.05, 0) is 41.9 Å². The topological polar surface area (TPSA) is 123 Å². The monoisotopic (exact) mass is 456 g/mol. The van der Waals surface area contributed by atoms with Crippen molar-refractivity contribution in [2.75, 3.05) is 17.7 Å². The van der Waals surface area contributed by atoms with Gasteiger partial charge in [0.2, 0.25) is 0 Å². The molecule has 2 aromatic carbocycles. The highest BCUT2D eigenvalue weighted by atomic mass is 32.1. The third-order valence-corrected chi connectivity index (χ3v) is 5.07. The Kier molecular flexibility index (Phi) is 6.90. The number of anilines is 2. The number of benzene rings is 2. The van der Waals surface area contributed by atoms with Crippen molar-refractivity contribution in [3.8, 4) is 5.75 Å². The number of nitro groups is 1. The summed E-state index contributed by atoms with van der Waals surface area (Å²) in [6.45, 7) is 0. The molecule has 3 aromatic rings. The number of thiocarbonyl (C=S) groups is 1. The standard InChI is InChI=1S/C20H16N4O5S2/c1-29-16-11-13(7-8-15(16)22-19(26)17-6-3-9-31-17)21-20(30)23-18(25)12-4-2-5-14(10-12)24(27)28/h2-11H,1H3,(H,22,26)(H2,21,23,25,30). The number of nitrogens with one attached hydrogen (secondary N) is 3. The van der Waals surface area contributed by atoms with Crippen molar-refractivity contribution in [3.05, 3.63) is 80.5 Å². The molecule has 9 nitrogen and oxygen atoms in total. The second kappa shape index (κ2) is 9.78. The highest BCUT2D eigenvalue weighted by molar-refractivity contribution is 7.80. The van der Waals surface area contributed by atoms with E-state index in [9.17, 15) is 19.7 Å². The van der Waals surface area contributed by atoms with Crippen LogP contribution in [0.3, 0.4) is 0 Å². The molecule has 158 valence electrons. The zero-order chi connectivity index (χ0) is 22.4. The van der Waals surface area contributed by atoms with Gasteiger partial charge in [-0.25, -0.2) is 0 Å². The second-order valence-corrected chi connectivity index (χ2v) is 7.42. The smallest absolute Gasteiger partial charge is 0.270 e. The van der Waals surface area contributed by atoms with Gasteiger partial charge in [0, 0.05) is 29.4 Å². The first kappa shape index (κ1) is 21.9. The summed E-state index contributed by atoms with van der Waals surface area (Å²) in [5, 5.41) is 20.7. The van der Waals surface area contributed by atoms with Crippen molar-refractivity contribution in [2.24, 2.45) is 0 Å². The largest absolute Gasteiger partial charge is 0.494 e. The maximum atomic E-state index is 12.3. The van der Waals surface area contributed by atoms with Gasteiger partial charge in [0.05, 0.1) is 22.6 Å². The SMILES string of the molecule is COc1cc(NC(=S)NC(=O)c2cccc([N+](=O)[O-])c2)ccc1NC(=O)c1cccs1. The number of hydrogen-bond acceptors (Lipinski definition) is 7. The van der Waals surface area contributed by atoms with Gasteiger partial charge in [0.15, 0.2) is 5.11 Å². The second-order valence-electron chi connectivity index (χ2n) is 6.06. The quantitative estimate of drug-likeness (QED) is 0.291. The Labute approximate surface area is 186 Å². The molecular formula is C20H16N4O5S2. The maximum Gasteiger partial charge on any atom is 0.270 e. The maximum absolute atomic E-state index is 12.3. The third-order valence-electron chi connectivity index (χ3n) is 4.00. The van der Waals surface area contributed by atoms with E-state index in [0.29, 0.717) is 22.0 Å². The fraction of sp³-hybridized carbons (Fsp3) is 0.0500. The molecule has 11 heteroatoms. The minimum Gasteiger partial charge on any atom is -0.494 e. The number of amides is 2. The van der Waals surface area contributed by atoms with E-state index in [2.05, 4.69) is 16.0 Å². The summed E-state index contributed by atoms with van der Waals surface area (Å²) in [7, 11) is 1.46. The minimum absolute atomic E-state index is 0.00562. The number of non-ortho nitro benzene ring substituents is 1. The van der Waals surface area contributed by atoms with E-state index in [0.717, 1.165) is 6.07 Å². The van der Waals surface area contributed by atoms with E-state index in [1.165, 1.54) is 36.6 Å². The zero-order valence-corrected chi connectivity index (χ0v) is 17.7. The first-order chi connectivity index (χ1) is 14.9. The average Bonchev–Trinajstić information content (AvgIpc) is 3.30. The lowest BCUT2D eigenvalue weighted by Crippen LogP contribution is -2.34. The third kappa shape index (κ3) is 5.62. The van der Waals surface area contributed by atoms with Gasteiger partial charge in [-0.3, -0.25) is 25.0 Å². The van der Waals surface area contributed by atoms with Crippen LogP contribution in [0.4, 0.5) is 17.1 Å². The molecule has 2 amide bonds. The fourth-order valence-corrected chi connectivity index (χ4v) is 3.39. The van der Waals surface area contributed by atoms with Crippen LogP contribution < -0.4 is 20.7 Å². The molecule has 3 rings (SSSR count). The molecule has 0 spiro atoms. The molecule has 0 aliphatic heterocycles. The van der Waals surface area contributed by atoms with Crippen molar-refractivity contribution in [1.29, 1.82) is 0 Å². The molecule has 0 aliphatic rings. The van der Waals surface area contributed by atoms with Gasteiger partial charge < -0.3 is 15.4 Å². The minimum atomic E-state index is -0.590. The number of carbonyl (C=O) groups is 2. The highest BCUT2D eigenvalue weighted by Crippen LogP contribution is 2.28. The van der Waals surface area contributed by atoms with E-state index in [-0.39, 0.29) is 22.3 Å². The molecule has 0 saturated heterocycles. The van der Waals surface area contributed by atoms with Gasteiger partial charge in [0.1, 0.15) is 5.75 Å². The van der Waals surface area contributed by atoms with E-state index >= 15 is 0 Å². The molecule has 0 saturated carbocycles. The van der Waals surface area contributed by atoms with Crippen LogP contribution in [0.2, 0.25) is 0 Å². The summed E-state index contributed by atoms with van der Waals surface area (Å²) in [6.07, 6.45) is 0. The number of rotatable bonds is 6. The van der Waals surface area contributed by atoms with E-state index in [1.54, 1.807) is 30.3 Å². The zero-order valence-electron chi connectivity index (χ0n) is 16.1. The average molecular weight is 457 g/mol. The highest BCUT2D eigenvalue weighted by Gasteiger charge is 2.14. The van der Waals surface area contributed by atoms with Crippen LogP contribution in [0.1, 0.15) is 20.0 Å². The van der Waals surface area contributed by atoms with Crippen LogP contribution in [0.25, 0.3) is 0 Å². The fourth-order valence-electron chi connectivity index (χ4n) is 2.56. The van der Waals surface area contributed by atoms with Crippen molar-refractivity contribution in [2.45, 2.75) is 0 Å². The summed E-state index contributed by atoms with van der Waals surface area (Å²) in [4.78, 5) is 35.4. The molecule has 0 bridgehead atoms. The van der Waals surface area contributed by atoms with E-state index < -0.39 is 10.8 Å². The first-order valence-electron chi connectivity index (χ1n) is 8.77. The molecular weight excluding hydrogens is 440 g/mol. The van der Waals surface area contributed by atoms with Crippen molar-refractivity contribution in [1.82, 2.24) is 5.32 Å². The van der Waals surface area contributed by atoms with Crippen LogP contribution in [0, 0.1) is 10.1 Å². The Morgan fingerprint density at radius 1 is 1.06 bits per heavy atom. The number of thiophene rings is 1. The number of ether oxygens (including phenoxy) is 1. The Hall–Kier alpha value is -3.83. The molecule has 0 unspecified atom stereocenters. The number of methoxy groups -OCH3 is 1. The Morgan fingerprint density at radius 3 is 2.55 bits per heavy atom. The van der Waals surface area contributed by atoms with Crippen molar-refractivity contribution in [3.63, 3.8) is 0 Å². The molecule has 1 heterocycles. The normalized spacial score (nSPS) is 10.1. The summed E-state index contributed by atoms with van der Waals surface area (Å²) >= 11 is 6.47. The lowest BCUT2D eigenvalue weighted by molar-refractivity contribution is -0.384. The number of nitro benzene ring substituents is 1.